The third-order valence-electron chi connectivity index (χ3n) is 5.07. The highest BCUT2D eigenvalue weighted by Crippen LogP contribution is 2.28. The molecule has 0 bridgehead atoms. The molecular formula is C22H23BrN4O3S. The van der Waals surface area contributed by atoms with Gasteiger partial charge in [-0.05, 0) is 51.1 Å². The number of carbonyl (C=O) groups is 1. The molecule has 0 spiro atoms. The molecule has 9 heteroatoms. The molecule has 0 atom stereocenters. The Morgan fingerprint density at radius 1 is 1.29 bits per heavy atom. The van der Waals surface area contributed by atoms with Gasteiger partial charge in [0.2, 0.25) is 5.91 Å². The van der Waals surface area contributed by atoms with Crippen LogP contribution >= 0.6 is 27.7 Å². The summed E-state index contributed by atoms with van der Waals surface area (Å²) in [5.74, 6) is -0.0265. The first-order chi connectivity index (χ1) is 14.8. The van der Waals surface area contributed by atoms with Crippen molar-refractivity contribution < 1.29 is 9.53 Å². The van der Waals surface area contributed by atoms with Crippen LogP contribution in [0.25, 0.3) is 11.0 Å². The average molecular weight is 503 g/mol. The summed E-state index contributed by atoms with van der Waals surface area (Å²) >= 11 is 4.61. The maximum atomic E-state index is 13.1. The van der Waals surface area contributed by atoms with Gasteiger partial charge < -0.3 is 10.1 Å². The summed E-state index contributed by atoms with van der Waals surface area (Å²) in [5, 5.41) is 3.82. The van der Waals surface area contributed by atoms with Crippen LogP contribution in [0.4, 0.5) is 5.69 Å². The number of anilines is 1. The van der Waals surface area contributed by atoms with Gasteiger partial charge in [0.25, 0.3) is 5.56 Å². The van der Waals surface area contributed by atoms with E-state index in [4.69, 9.17) is 4.74 Å². The summed E-state index contributed by atoms with van der Waals surface area (Å²) in [4.78, 5) is 34.8. The van der Waals surface area contributed by atoms with Crippen molar-refractivity contribution in [1.82, 2.24) is 14.5 Å². The van der Waals surface area contributed by atoms with Crippen molar-refractivity contribution in [1.29, 1.82) is 0 Å². The van der Waals surface area contributed by atoms with Gasteiger partial charge in [-0.15, -0.1) is 0 Å². The second-order valence-corrected chi connectivity index (χ2v) is 9.84. The lowest BCUT2D eigenvalue weighted by atomic mass is 9.95. The van der Waals surface area contributed by atoms with E-state index >= 15 is 0 Å². The first-order valence-electron chi connectivity index (χ1n) is 10.0. The van der Waals surface area contributed by atoms with Crippen molar-refractivity contribution in [3.05, 3.63) is 56.4 Å². The van der Waals surface area contributed by atoms with E-state index in [-0.39, 0.29) is 22.8 Å². The molecule has 2 aromatic heterocycles. The SMILES string of the molecule is CCn1c(SCC(=O)Nc2ccc(Br)cc2)nc2nc3c(cc2c1=O)COC(C)(C)C3. The minimum atomic E-state index is -0.297. The van der Waals surface area contributed by atoms with Gasteiger partial charge in [-0.3, -0.25) is 14.2 Å². The number of aromatic nitrogens is 3. The van der Waals surface area contributed by atoms with Gasteiger partial charge in [-0.25, -0.2) is 9.97 Å². The molecule has 0 radical (unpaired) electrons. The molecule has 1 amide bonds. The lowest BCUT2D eigenvalue weighted by Crippen LogP contribution is -2.33. The quantitative estimate of drug-likeness (QED) is 0.416. The predicted octanol–water partition coefficient (Wildman–Crippen LogP) is 4.16. The Balaban J connectivity index is 1.60. The number of thioether (sulfide) groups is 1. The fourth-order valence-corrected chi connectivity index (χ4v) is 4.58. The molecule has 0 saturated heterocycles. The fourth-order valence-electron chi connectivity index (χ4n) is 3.46. The third-order valence-corrected chi connectivity index (χ3v) is 6.57. The topological polar surface area (TPSA) is 86.1 Å². The monoisotopic (exact) mass is 502 g/mol. The van der Waals surface area contributed by atoms with E-state index in [9.17, 15) is 9.59 Å². The van der Waals surface area contributed by atoms with Crippen molar-refractivity contribution in [3.8, 4) is 0 Å². The molecule has 162 valence electrons. The van der Waals surface area contributed by atoms with Crippen LogP contribution < -0.4 is 10.9 Å². The lowest BCUT2D eigenvalue weighted by Gasteiger charge is -2.31. The smallest absolute Gasteiger partial charge is 0.263 e. The van der Waals surface area contributed by atoms with Gasteiger partial charge in [0.15, 0.2) is 10.8 Å². The largest absolute Gasteiger partial charge is 0.370 e. The number of amides is 1. The summed E-state index contributed by atoms with van der Waals surface area (Å²) in [6, 6.07) is 9.22. The number of hydrogen-bond acceptors (Lipinski definition) is 6. The molecular weight excluding hydrogens is 480 g/mol. The van der Waals surface area contributed by atoms with E-state index in [1.165, 1.54) is 11.8 Å². The Kier molecular flexibility index (Phi) is 6.18. The molecule has 1 N–H and O–H groups in total. The van der Waals surface area contributed by atoms with Crippen LogP contribution in [0.5, 0.6) is 0 Å². The number of nitrogens with zero attached hydrogens (tertiary/aromatic N) is 3. The minimum absolute atomic E-state index is 0.139. The number of hydrogen-bond donors (Lipinski definition) is 1. The van der Waals surface area contributed by atoms with Crippen LogP contribution in [0.2, 0.25) is 0 Å². The second-order valence-electron chi connectivity index (χ2n) is 7.98. The van der Waals surface area contributed by atoms with E-state index in [1.54, 1.807) is 4.57 Å². The van der Waals surface area contributed by atoms with Crippen molar-refractivity contribution >= 4 is 50.3 Å². The zero-order chi connectivity index (χ0) is 22.2. The molecule has 3 aromatic rings. The van der Waals surface area contributed by atoms with Crippen LogP contribution in [0.15, 0.2) is 44.8 Å². The van der Waals surface area contributed by atoms with Gasteiger partial charge in [0.05, 0.1) is 29.0 Å². The van der Waals surface area contributed by atoms with Crippen molar-refractivity contribution in [2.75, 3.05) is 11.1 Å². The van der Waals surface area contributed by atoms with Gasteiger partial charge in [0, 0.05) is 28.7 Å². The first kappa shape index (κ1) is 22.0. The molecule has 3 heterocycles. The molecule has 0 saturated carbocycles. The van der Waals surface area contributed by atoms with Gasteiger partial charge in [-0.2, -0.15) is 0 Å². The predicted molar refractivity (Wildman–Crippen MR) is 126 cm³/mol. The number of fused-ring (bicyclic) bond motifs is 2. The first-order valence-corrected chi connectivity index (χ1v) is 11.8. The van der Waals surface area contributed by atoms with E-state index in [2.05, 4.69) is 31.2 Å². The highest BCUT2D eigenvalue weighted by Gasteiger charge is 2.28. The van der Waals surface area contributed by atoms with Gasteiger partial charge >= 0.3 is 0 Å². The third kappa shape index (κ3) is 4.83. The summed E-state index contributed by atoms with van der Waals surface area (Å²) in [6.07, 6.45) is 0.662. The molecule has 31 heavy (non-hydrogen) atoms. The van der Waals surface area contributed by atoms with Gasteiger partial charge in [0.1, 0.15) is 0 Å². The van der Waals surface area contributed by atoms with E-state index in [1.807, 2.05) is 51.1 Å². The lowest BCUT2D eigenvalue weighted by molar-refractivity contribution is -0.113. The maximum Gasteiger partial charge on any atom is 0.263 e. The molecule has 1 aliphatic rings. The molecule has 1 aliphatic heterocycles. The highest BCUT2D eigenvalue weighted by atomic mass is 79.9. The summed E-state index contributed by atoms with van der Waals surface area (Å²) in [5.41, 5.74) is 2.53. The van der Waals surface area contributed by atoms with E-state index in [0.29, 0.717) is 41.4 Å². The zero-order valence-corrected chi connectivity index (χ0v) is 20.0. The molecule has 7 nitrogen and oxygen atoms in total. The number of benzene rings is 1. The minimum Gasteiger partial charge on any atom is -0.370 e. The molecule has 0 aliphatic carbocycles. The maximum absolute atomic E-state index is 13.1. The van der Waals surface area contributed by atoms with Crippen molar-refractivity contribution in [3.63, 3.8) is 0 Å². The Labute approximate surface area is 192 Å². The zero-order valence-electron chi connectivity index (χ0n) is 17.6. The Morgan fingerprint density at radius 2 is 2.03 bits per heavy atom. The standard InChI is InChI=1S/C22H23BrN4O3S/c1-4-27-20(29)16-9-13-11-30-22(2,3)10-17(13)25-19(16)26-21(27)31-12-18(28)24-15-7-5-14(23)6-8-15/h5-9H,4,10-12H2,1-3H3,(H,24,28). The van der Waals surface area contributed by atoms with Gasteiger partial charge in [-0.1, -0.05) is 27.7 Å². The van der Waals surface area contributed by atoms with Crippen LogP contribution in [-0.2, 0) is 29.1 Å². The molecule has 1 aromatic carbocycles. The van der Waals surface area contributed by atoms with E-state index in [0.717, 1.165) is 15.7 Å². The van der Waals surface area contributed by atoms with Crippen LogP contribution in [0, 0.1) is 0 Å². The van der Waals surface area contributed by atoms with E-state index < -0.39 is 0 Å². The number of ether oxygens (including phenoxy) is 1. The molecule has 4 rings (SSSR count). The highest BCUT2D eigenvalue weighted by molar-refractivity contribution is 9.10. The number of nitrogens with one attached hydrogen (secondary N) is 1. The normalized spacial score (nSPS) is 15.0. The Bertz CT molecular complexity index is 1210. The summed E-state index contributed by atoms with van der Waals surface area (Å²) in [7, 11) is 0. The summed E-state index contributed by atoms with van der Waals surface area (Å²) < 4.78 is 8.39. The number of halogens is 1. The molecule has 0 fully saturated rings. The number of pyridine rings is 1. The van der Waals surface area contributed by atoms with Crippen molar-refractivity contribution in [2.45, 2.75) is 51.1 Å². The average Bonchev–Trinajstić information content (AvgIpc) is 2.72. The van der Waals surface area contributed by atoms with Crippen LogP contribution in [0.1, 0.15) is 32.0 Å². The Morgan fingerprint density at radius 3 is 2.74 bits per heavy atom. The Hall–Kier alpha value is -2.23. The van der Waals surface area contributed by atoms with Crippen LogP contribution in [0.3, 0.4) is 0 Å². The number of rotatable bonds is 5. The van der Waals surface area contributed by atoms with Crippen molar-refractivity contribution in [2.24, 2.45) is 0 Å². The fraction of sp³-hybridized carbons (Fsp3) is 0.364. The summed E-state index contributed by atoms with van der Waals surface area (Å²) in [6.45, 7) is 6.83. The van der Waals surface area contributed by atoms with Crippen LogP contribution in [-0.4, -0.2) is 31.8 Å². The second kappa shape index (κ2) is 8.72. The molecule has 0 unspecified atom stereocenters. The number of carbonyl (C=O) groups excluding carboxylic acids is 1.